The Balaban J connectivity index is 0.000000265. The molecule has 5 nitrogen and oxygen atoms in total. The molecule has 15 heavy (non-hydrogen) atoms. The number of amides is 2. The fourth-order valence-corrected chi connectivity index (χ4v) is 0.904. The predicted molar refractivity (Wildman–Crippen MR) is 43.7 cm³/mol. The quantitative estimate of drug-likeness (QED) is 0.535. The van der Waals surface area contributed by atoms with E-state index in [0.29, 0.717) is 12.8 Å². The zero-order chi connectivity index (χ0) is 12.2. The molecule has 0 spiro atoms. The molecule has 1 fully saturated rings. The summed E-state index contributed by atoms with van der Waals surface area (Å²) in [4.78, 5) is 29.8. The van der Waals surface area contributed by atoms with Crippen molar-refractivity contribution in [1.82, 2.24) is 3.93 Å². The van der Waals surface area contributed by atoms with Crippen molar-refractivity contribution < 1.29 is 32.7 Å². The van der Waals surface area contributed by atoms with E-state index >= 15 is 0 Å². The molecule has 1 rings (SSSR count). The summed E-state index contributed by atoms with van der Waals surface area (Å²) in [5.41, 5.74) is 0. The lowest BCUT2D eigenvalue weighted by molar-refractivity contribution is -0.192. The van der Waals surface area contributed by atoms with Gasteiger partial charge in [0.2, 0.25) is 11.8 Å². The van der Waals surface area contributed by atoms with Gasteiger partial charge in [-0.2, -0.15) is 13.2 Å². The standard InChI is InChI=1S/C4H4BrNO2.C2HF3O2/c5-6-3(7)1-2-4(6)8;3-2(4,5)1(6)7/h1-2H2;(H,6,7). The number of hydrogen-bond donors (Lipinski definition) is 1. The van der Waals surface area contributed by atoms with Gasteiger partial charge in [0.1, 0.15) is 0 Å². The van der Waals surface area contributed by atoms with Gasteiger partial charge >= 0.3 is 12.1 Å². The van der Waals surface area contributed by atoms with E-state index in [1.165, 1.54) is 0 Å². The van der Waals surface area contributed by atoms with Gasteiger partial charge in [0.25, 0.3) is 0 Å². The summed E-state index contributed by atoms with van der Waals surface area (Å²) in [7, 11) is 0. The minimum atomic E-state index is -5.08. The van der Waals surface area contributed by atoms with Crippen LogP contribution in [0.1, 0.15) is 12.8 Å². The molecule has 0 bridgehead atoms. The van der Waals surface area contributed by atoms with Crippen molar-refractivity contribution in [2.24, 2.45) is 0 Å². The normalized spacial score (nSPS) is 16.1. The summed E-state index contributed by atoms with van der Waals surface area (Å²) in [5.74, 6) is -3.04. The lowest BCUT2D eigenvalue weighted by Gasteiger charge is -1.97. The van der Waals surface area contributed by atoms with Crippen molar-refractivity contribution in [1.29, 1.82) is 0 Å². The zero-order valence-electron chi connectivity index (χ0n) is 7.05. The monoisotopic (exact) mass is 291 g/mol. The molecule has 0 unspecified atom stereocenters. The first-order chi connectivity index (χ1) is 6.66. The SMILES string of the molecule is O=C(O)C(F)(F)F.O=C1CCC(=O)N1Br. The van der Waals surface area contributed by atoms with E-state index in [4.69, 9.17) is 9.90 Å². The molecule has 1 saturated heterocycles. The second kappa shape index (κ2) is 5.10. The van der Waals surface area contributed by atoms with Crippen LogP contribution in [-0.2, 0) is 14.4 Å². The molecule has 0 aromatic carbocycles. The number of nitrogens with zero attached hydrogens (tertiary/aromatic N) is 1. The Labute approximate surface area is 90.2 Å². The number of halogens is 4. The summed E-state index contributed by atoms with van der Waals surface area (Å²) in [6, 6.07) is 0. The molecule has 0 atom stereocenters. The molecule has 0 aromatic heterocycles. The van der Waals surface area contributed by atoms with E-state index in [2.05, 4.69) is 16.1 Å². The molecule has 9 heteroatoms. The highest BCUT2D eigenvalue weighted by atomic mass is 79.9. The fourth-order valence-electron chi connectivity index (χ4n) is 0.549. The van der Waals surface area contributed by atoms with Crippen LogP contribution >= 0.6 is 16.1 Å². The molecule has 0 aliphatic carbocycles. The molecule has 0 radical (unpaired) electrons. The Bertz CT molecular complexity index is 275. The molecule has 1 N–H and O–H groups in total. The van der Waals surface area contributed by atoms with Crippen molar-refractivity contribution in [2.75, 3.05) is 0 Å². The van der Waals surface area contributed by atoms with Crippen molar-refractivity contribution in [2.45, 2.75) is 19.0 Å². The fraction of sp³-hybridized carbons (Fsp3) is 0.500. The van der Waals surface area contributed by atoms with Gasteiger partial charge in [-0.3, -0.25) is 9.59 Å². The van der Waals surface area contributed by atoms with E-state index in [0.717, 1.165) is 3.93 Å². The summed E-state index contributed by atoms with van der Waals surface area (Å²) in [5, 5.41) is 7.12. The van der Waals surface area contributed by atoms with Gasteiger partial charge in [-0.1, -0.05) is 0 Å². The van der Waals surface area contributed by atoms with Gasteiger partial charge in [-0.05, 0) is 0 Å². The smallest absolute Gasteiger partial charge is 0.475 e. The van der Waals surface area contributed by atoms with Gasteiger partial charge in [-0.15, -0.1) is 0 Å². The zero-order valence-corrected chi connectivity index (χ0v) is 8.63. The van der Waals surface area contributed by atoms with Crippen LogP contribution < -0.4 is 0 Å². The Hall–Kier alpha value is -1.12. The predicted octanol–water partition coefficient (Wildman–Crippen LogP) is 1.08. The third-order valence-electron chi connectivity index (χ3n) is 1.23. The van der Waals surface area contributed by atoms with E-state index in [1.807, 2.05) is 0 Å². The average molecular weight is 292 g/mol. The Morgan fingerprint density at radius 2 is 1.53 bits per heavy atom. The maximum Gasteiger partial charge on any atom is 0.490 e. The van der Waals surface area contributed by atoms with E-state index < -0.39 is 12.1 Å². The number of rotatable bonds is 0. The molecule has 2 amide bonds. The molecular formula is C6H5BrF3NO4. The van der Waals surface area contributed by atoms with Crippen LogP contribution in [0, 0.1) is 0 Å². The lowest BCUT2D eigenvalue weighted by atomic mass is 10.4. The maximum absolute atomic E-state index is 10.6. The summed E-state index contributed by atoms with van der Waals surface area (Å²) in [6.45, 7) is 0. The highest BCUT2D eigenvalue weighted by molar-refractivity contribution is 9.08. The van der Waals surface area contributed by atoms with Gasteiger partial charge in [-0.25, -0.2) is 8.72 Å². The molecular weight excluding hydrogens is 287 g/mol. The van der Waals surface area contributed by atoms with Crippen molar-refractivity contribution in [3.63, 3.8) is 0 Å². The van der Waals surface area contributed by atoms with Crippen LogP contribution in [0.5, 0.6) is 0 Å². The average Bonchev–Trinajstić information content (AvgIpc) is 2.36. The van der Waals surface area contributed by atoms with E-state index in [-0.39, 0.29) is 11.8 Å². The molecule has 0 aromatic rings. The number of carbonyl (C=O) groups excluding carboxylic acids is 2. The summed E-state index contributed by atoms with van der Waals surface area (Å²) in [6.07, 6.45) is -4.38. The van der Waals surface area contributed by atoms with Crippen LogP contribution in [0.4, 0.5) is 13.2 Å². The van der Waals surface area contributed by atoms with Crippen molar-refractivity contribution in [3.05, 3.63) is 0 Å². The Morgan fingerprint density at radius 3 is 1.60 bits per heavy atom. The molecule has 0 saturated carbocycles. The summed E-state index contributed by atoms with van der Waals surface area (Å²) >= 11 is 2.80. The number of alkyl halides is 3. The van der Waals surface area contributed by atoms with Crippen LogP contribution in [0.15, 0.2) is 0 Å². The van der Waals surface area contributed by atoms with E-state index in [1.54, 1.807) is 0 Å². The van der Waals surface area contributed by atoms with Crippen molar-refractivity contribution in [3.8, 4) is 0 Å². The molecule has 1 aliphatic rings. The Morgan fingerprint density at radius 1 is 1.27 bits per heavy atom. The topological polar surface area (TPSA) is 74.7 Å². The maximum atomic E-state index is 10.6. The first-order valence-corrected chi connectivity index (χ1v) is 4.19. The van der Waals surface area contributed by atoms with Gasteiger partial charge in [0.15, 0.2) is 0 Å². The first kappa shape index (κ1) is 13.9. The largest absolute Gasteiger partial charge is 0.490 e. The highest BCUT2D eigenvalue weighted by Crippen LogP contribution is 2.14. The second-order valence-electron chi connectivity index (χ2n) is 2.37. The third-order valence-corrected chi connectivity index (χ3v) is 2.02. The number of aliphatic carboxylic acids is 1. The van der Waals surface area contributed by atoms with Crippen LogP contribution in [-0.4, -0.2) is 33.0 Å². The molecule has 86 valence electrons. The number of hydrogen-bond acceptors (Lipinski definition) is 3. The first-order valence-electron chi connectivity index (χ1n) is 3.48. The highest BCUT2D eigenvalue weighted by Gasteiger charge is 2.38. The minimum Gasteiger partial charge on any atom is -0.475 e. The van der Waals surface area contributed by atoms with Gasteiger partial charge < -0.3 is 5.11 Å². The van der Waals surface area contributed by atoms with Gasteiger partial charge in [0.05, 0.1) is 16.1 Å². The number of imide groups is 1. The lowest BCUT2D eigenvalue weighted by Crippen LogP contribution is -2.21. The van der Waals surface area contributed by atoms with Crippen LogP contribution in [0.3, 0.4) is 0 Å². The van der Waals surface area contributed by atoms with Gasteiger partial charge in [0, 0.05) is 12.8 Å². The minimum absolute atomic E-state index is 0.144. The number of carboxylic acid groups (broad SMARTS) is 1. The third kappa shape index (κ3) is 4.77. The van der Waals surface area contributed by atoms with Crippen LogP contribution in [0.25, 0.3) is 0 Å². The Kier molecular flexibility index (Phi) is 4.72. The molecule has 1 heterocycles. The number of carbonyl (C=O) groups is 3. The van der Waals surface area contributed by atoms with E-state index in [9.17, 15) is 22.8 Å². The molecule has 1 aliphatic heterocycles. The number of carboxylic acids is 1. The van der Waals surface area contributed by atoms with Crippen LogP contribution in [0.2, 0.25) is 0 Å². The second-order valence-corrected chi connectivity index (χ2v) is 3.08. The van der Waals surface area contributed by atoms with Crippen molar-refractivity contribution >= 4 is 33.9 Å². The summed E-state index contributed by atoms with van der Waals surface area (Å²) < 4.78 is 32.7.